The summed E-state index contributed by atoms with van der Waals surface area (Å²) in [6.07, 6.45) is 2.93. The van der Waals surface area contributed by atoms with E-state index in [1.54, 1.807) is 12.1 Å². The van der Waals surface area contributed by atoms with Crippen LogP contribution >= 0.6 is 0 Å². The first-order valence-corrected chi connectivity index (χ1v) is 5.75. The number of nitrogens with zero attached hydrogens (tertiary/aromatic N) is 3. The van der Waals surface area contributed by atoms with Gasteiger partial charge in [-0.1, -0.05) is 6.07 Å². The molecule has 2 aromatic rings. The van der Waals surface area contributed by atoms with Crippen LogP contribution in [-0.2, 0) is 6.61 Å². The minimum atomic E-state index is -0.484. The number of nitro benzene ring substituents is 1. The predicted octanol–water partition coefficient (Wildman–Crippen LogP) is 1.56. The van der Waals surface area contributed by atoms with Gasteiger partial charge in [0.25, 0.3) is 0 Å². The highest BCUT2D eigenvalue weighted by atomic mass is 16.6. The van der Waals surface area contributed by atoms with Crippen LogP contribution in [0.1, 0.15) is 11.3 Å². The van der Waals surface area contributed by atoms with Gasteiger partial charge in [0.15, 0.2) is 11.6 Å². The fraction of sp³-hybridized carbons (Fsp3) is 0.167. The maximum atomic E-state index is 10.9. The number of nitrogens with two attached hydrogens (primary N) is 1. The standard InChI is InChI=1S/C12H13N5O3/c1-8-2-3-10(17(18)19)11(4-8)20-7-9-5-15-12(16-13)6-14-9/h2-6H,7,13H2,1H3,(H,15,16). The predicted molar refractivity (Wildman–Crippen MR) is 72.0 cm³/mol. The van der Waals surface area contributed by atoms with Gasteiger partial charge in [-0.15, -0.1) is 0 Å². The lowest BCUT2D eigenvalue weighted by Gasteiger charge is -2.07. The fourth-order valence-electron chi connectivity index (χ4n) is 1.54. The van der Waals surface area contributed by atoms with E-state index in [1.807, 2.05) is 6.92 Å². The monoisotopic (exact) mass is 275 g/mol. The summed E-state index contributed by atoms with van der Waals surface area (Å²) < 4.78 is 5.44. The van der Waals surface area contributed by atoms with Crippen molar-refractivity contribution in [3.8, 4) is 5.75 Å². The molecule has 1 heterocycles. The summed E-state index contributed by atoms with van der Waals surface area (Å²) in [6, 6.07) is 4.69. The minimum Gasteiger partial charge on any atom is -0.480 e. The number of hydrogen-bond donors (Lipinski definition) is 2. The third kappa shape index (κ3) is 3.18. The molecular formula is C12H13N5O3. The van der Waals surface area contributed by atoms with Crippen molar-refractivity contribution in [3.05, 3.63) is 52.0 Å². The van der Waals surface area contributed by atoms with E-state index in [4.69, 9.17) is 10.6 Å². The van der Waals surface area contributed by atoms with E-state index in [0.717, 1.165) is 5.56 Å². The normalized spacial score (nSPS) is 10.1. The summed E-state index contributed by atoms with van der Waals surface area (Å²) in [5, 5.41) is 10.9. The Balaban J connectivity index is 2.13. The number of hydrazine groups is 1. The number of nitrogen functional groups attached to an aromatic ring is 1. The van der Waals surface area contributed by atoms with Gasteiger partial charge < -0.3 is 10.2 Å². The van der Waals surface area contributed by atoms with Gasteiger partial charge in [-0.3, -0.25) is 15.1 Å². The zero-order chi connectivity index (χ0) is 14.5. The number of anilines is 1. The van der Waals surface area contributed by atoms with Crippen molar-refractivity contribution in [3.63, 3.8) is 0 Å². The second-order valence-electron chi connectivity index (χ2n) is 4.05. The lowest BCUT2D eigenvalue weighted by atomic mass is 10.2. The molecule has 8 nitrogen and oxygen atoms in total. The van der Waals surface area contributed by atoms with E-state index < -0.39 is 4.92 Å². The Hall–Kier alpha value is -2.74. The number of nitro groups is 1. The Morgan fingerprint density at radius 1 is 1.40 bits per heavy atom. The summed E-state index contributed by atoms with van der Waals surface area (Å²) in [7, 11) is 0. The summed E-state index contributed by atoms with van der Waals surface area (Å²) >= 11 is 0. The molecule has 0 aliphatic carbocycles. The van der Waals surface area contributed by atoms with Crippen LogP contribution < -0.4 is 16.0 Å². The van der Waals surface area contributed by atoms with Crippen LogP contribution in [0.5, 0.6) is 5.75 Å². The third-order valence-corrected chi connectivity index (χ3v) is 2.54. The van der Waals surface area contributed by atoms with E-state index in [-0.39, 0.29) is 18.0 Å². The highest BCUT2D eigenvalue weighted by Gasteiger charge is 2.15. The second-order valence-corrected chi connectivity index (χ2v) is 4.05. The van der Waals surface area contributed by atoms with Gasteiger partial charge in [0.1, 0.15) is 6.61 Å². The van der Waals surface area contributed by atoms with Crippen LogP contribution in [0.15, 0.2) is 30.6 Å². The summed E-state index contributed by atoms with van der Waals surface area (Å²) in [4.78, 5) is 18.5. The first kappa shape index (κ1) is 13.7. The molecular weight excluding hydrogens is 262 g/mol. The molecule has 0 saturated carbocycles. The van der Waals surface area contributed by atoms with Crippen LogP contribution in [0, 0.1) is 17.0 Å². The van der Waals surface area contributed by atoms with E-state index in [9.17, 15) is 10.1 Å². The molecule has 1 aromatic heterocycles. The molecule has 0 spiro atoms. The van der Waals surface area contributed by atoms with Crippen molar-refractivity contribution in [2.45, 2.75) is 13.5 Å². The number of benzene rings is 1. The van der Waals surface area contributed by atoms with Gasteiger partial charge in [0.2, 0.25) is 0 Å². The number of hydrogen-bond acceptors (Lipinski definition) is 7. The highest BCUT2D eigenvalue weighted by Crippen LogP contribution is 2.28. The largest absolute Gasteiger partial charge is 0.480 e. The molecule has 0 unspecified atom stereocenters. The van der Waals surface area contributed by atoms with Gasteiger partial charge in [0, 0.05) is 6.07 Å². The zero-order valence-corrected chi connectivity index (χ0v) is 10.7. The number of rotatable bonds is 5. The molecule has 0 atom stereocenters. The molecule has 0 aliphatic heterocycles. The van der Waals surface area contributed by atoms with Gasteiger partial charge in [-0.25, -0.2) is 10.8 Å². The van der Waals surface area contributed by atoms with Crippen LogP contribution in [-0.4, -0.2) is 14.9 Å². The van der Waals surface area contributed by atoms with Crippen molar-refractivity contribution in [1.29, 1.82) is 0 Å². The number of aromatic nitrogens is 2. The minimum absolute atomic E-state index is 0.0798. The number of nitrogens with one attached hydrogen (secondary N) is 1. The van der Waals surface area contributed by atoms with E-state index in [0.29, 0.717) is 11.5 Å². The van der Waals surface area contributed by atoms with E-state index in [1.165, 1.54) is 18.5 Å². The van der Waals surface area contributed by atoms with E-state index in [2.05, 4.69) is 15.4 Å². The van der Waals surface area contributed by atoms with Crippen LogP contribution in [0.2, 0.25) is 0 Å². The maximum absolute atomic E-state index is 10.9. The Morgan fingerprint density at radius 3 is 2.80 bits per heavy atom. The van der Waals surface area contributed by atoms with E-state index >= 15 is 0 Å². The Bertz CT molecular complexity index is 615. The Kier molecular flexibility index (Phi) is 4.06. The summed E-state index contributed by atoms with van der Waals surface area (Å²) in [6.45, 7) is 1.92. The third-order valence-electron chi connectivity index (χ3n) is 2.54. The number of ether oxygens (including phenoxy) is 1. The van der Waals surface area contributed by atoms with Crippen molar-refractivity contribution in [2.75, 3.05) is 5.43 Å². The Labute approximate surface area is 114 Å². The van der Waals surface area contributed by atoms with Crippen molar-refractivity contribution >= 4 is 11.5 Å². The van der Waals surface area contributed by atoms with Gasteiger partial charge >= 0.3 is 5.69 Å². The topological polar surface area (TPSA) is 116 Å². The van der Waals surface area contributed by atoms with Crippen LogP contribution in [0.25, 0.3) is 0 Å². The van der Waals surface area contributed by atoms with Gasteiger partial charge in [-0.2, -0.15) is 0 Å². The molecule has 0 amide bonds. The molecule has 0 saturated heterocycles. The molecule has 20 heavy (non-hydrogen) atoms. The lowest BCUT2D eigenvalue weighted by Crippen LogP contribution is -2.09. The highest BCUT2D eigenvalue weighted by molar-refractivity contribution is 5.48. The van der Waals surface area contributed by atoms with Crippen molar-refractivity contribution in [1.82, 2.24) is 9.97 Å². The van der Waals surface area contributed by atoms with Crippen LogP contribution in [0.4, 0.5) is 11.5 Å². The zero-order valence-electron chi connectivity index (χ0n) is 10.7. The Morgan fingerprint density at radius 2 is 2.20 bits per heavy atom. The fourth-order valence-corrected chi connectivity index (χ4v) is 1.54. The molecule has 8 heteroatoms. The van der Waals surface area contributed by atoms with Crippen LogP contribution in [0.3, 0.4) is 0 Å². The second kappa shape index (κ2) is 5.93. The molecule has 0 aliphatic rings. The molecule has 0 radical (unpaired) electrons. The first-order valence-electron chi connectivity index (χ1n) is 5.75. The van der Waals surface area contributed by atoms with Gasteiger partial charge in [-0.05, 0) is 18.6 Å². The quantitative estimate of drug-likeness (QED) is 0.483. The maximum Gasteiger partial charge on any atom is 0.310 e. The summed E-state index contributed by atoms with van der Waals surface area (Å²) in [5.41, 5.74) is 3.69. The average molecular weight is 275 g/mol. The average Bonchev–Trinajstić information content (AvgIpc) is 2.45. The lowest BCUT2D eigenvalue weighted by molar-refractivity contribution is -0.386. The van der Waals surface area contributed by atoms with Crippen molar-refractivity contribution in [2.24, 2.45) is 5.84 Å². The van der Waals surface area contributed by atoms with Crippen molar-refractivity contribution < 1.29 is 9.66 Å². The molecule has 0 bridgehead atoms. The number of aryl methyl sites for hydroxylation is 1. The molecule has 1 aromatic carbocycles. The molecule has 3 N–H and O–H groups in total. The molecule has 104 valence electrons. The summed E-state index contributed by atoms with van der Waals surface area (Å²) in [5.74, 6) is 5.81. The molecule has 0 fully saturated rings. The first-order chi connectivity index (χ1) is 9.60. The smallest absolute Gasteiger partial charge is 0.310 e. The SMILES string of the molecule is Cc1ccc([N+](=O)[O-])c(OCc2cnc(NN)cn2)c1. The van der Waals surface area contributed by atoms with Gasteiger partial charge in [0.05, 0.1) is 23.0 Å². The molecule has 2 rings (SSSR count).